The Morgan fingerprint density at radius 2 is 1.78 bits per heavy atom. The third-order valence-corrected chi connectivity index (χ3v) is 2.73. The molecule has 0 radical (unpaired) electrons. The van der Waals surface area contributed by atoms with Crippen LogP contribution in [-0.4, -0.2) is 11.3 Å². The van der Waals surface area contributed by atoms with Crippen molar-refractivity contribution in [1.29, 1.82) is 0 Å². The van der Waals surface area contributed by atoms with Crippen LogP contribution in [0.1, 0.15) is 24.1 Å². The van der Waals surface area contributed by atoms with Gasteiger partial charge in [-0.05, 0) is 25.1 Å². The molecule has 0 fully saturated rings. The highest BCUT2D eigenvalue weighted by Crippen LogP contribution is 2.20. The number of aromatic hydroxyl groups is 1. The van der Waals surface area contributed by atoms with Gasteiger partial charge in [-0.25, -0.2) is 4.39 Å². The summed E-state index contributed by atoms with van der Waals surface area (Å²) < 4.78 is 13.5. The first-order valence-electron chi connectivity index (χ1n) is 5.74. The van der Waals surface area contributed by atoms with Gasteiger partial charge in [0.2, 0.25) is 0 Å². The molecule has 1 atom stereocenters. The molecule has 3 heteroatoms. The maximum atomic E-state index is 13.5. The van der Waals surface area contributed by atoms with Gasteiger partial charge in [0.25, 0.3) is 0 Å². The van der Waals surface area contributed by atoms with Crippen molar-refractivity contribution in [2.45, 2.75) is 13.0 Å². The molecule has 0 amide bonds. The third-order valence-electron chi connectivity index (χ3n) is 2.73. The first-order valence-corrected chi connectivity index (χ1v) is 5.74. The zero-order valence-electron chi connectivity index (χ0n) is 10.0. The van der Waals surface area contributed by atoms with Gasteiger partial charge in [0.1, 0.15) is 11.6 Å². The summed E-state index contributed by atoms with van der Waals surface area (Å²) in [7, 11) is 0. The molecule has 0 aliphatic heterocycles. The minimum absolute atomic E-state index is 0.169. The number of benzene rings is 2. The monoisotopic (exact) mass is 243 g/mol. The molecule has 0 heterocycles. The summed E-state index contributed by atoms with van der Waals surface area (Å²) in [6.45, 7) is 1.81. The Kier molecular flexibility index (Phi) is 3.72. The van der Waals surface area contributed by atoms with Crippen LogP contribution in [-0.2, 0) is 0 Å². The quantitative estimate of drug-likeness (QED) is 0.819. The van der Waals surface area contributed by atoms with Crippen molar-refractivity contribution in [1.82, 2.24) is 0 Å². The van der Waals surface area contributed by atoms with Crippen molar-refractivity contribution >= 4 is 6.21 Å². The van der Waals surface area contributed by atoms with Crippen molar-refractivity contribution in [2.24, 2.45) is 4.99 Å². The fourth-order valence-electron chi connectivity index (χ4n) is 1.68. The third kappa shape index (κ3) is 2.74. The largest absolute Gasteiger partial charge is 0.507 e. The van der Waals surface area contributed by atoms with Gasteiger partial charge < -0.3 is 5.11 Å². The molecule has 92 valence electrons. The number of rotatable bonds is 3. The van der Waals surface area contributed by atoms with E-state index in [4.69, 9.17) is 0 Å². The molecule has 2 aromatic carbocycles. The lowest BCUT2D eigenvalue weighted by Crippen LogP contribution is -1.95. The molecule has 0 spiro atoms. The number of nitrogens with zero attached hydrogens (tertiary/aromatic N) is 1. The Morgan fingerprint density at radius 3 is 2.50 bits per heavy atom. The molecule has 0 saturated heterocycles. The van der Waals surface area contributed by atoms with E-state index < -0.39 is 0 Å². The van der Waals surface area contributed by atoms with Gasteiger partial charge in [-0.15, -0.1) is 0 Å². The van der Waals surface area contributed by atoms with E-state index in [1.807, 2.05) is 13.0 Å². The van der Waals surface area contributed by atoms with Crippen molar-refractivity contribution in [3.05, 3.63) is 65.5 Å². The van der Waals surface area contributed by atoms with E-state index in [1.165, 1.54) is 6.07 Å². The molecule has 2 nitrogen and oxygen atoms in total. The Hall–Kier alpha value is -2.16. The van der Waals surface area contributed by atoms with Gasteiger partial charge in [-0.1, -0.05) is 30.3 Å². The molecule has 2 aromatic rings. The summed E-state index contributed by atoms with van der Waals surface area (Å²) in [5.41, 5.74) is 1.17. The predicted octanol–water partition coefficient (Wildman–Crippen LogP) is 3.71. The molecular formula is C15H14FNO. The molecule has 0 aromatic heterocycles. The maximum absolute atomic E-state index is 13.5. The number of halogens is 1. The van der Waals surface area contributed by atoms with E-state index in [0.29, 0.717) is 11.1 Å². The highest BCUT2D eigenvalue weighted by atomic mass is 19.1. The van der Waals surface area contributed by atoms with Crippen molar-refractivity contribution in [3.63, 3.8) is 0 Å². The molecule has 0 saturated carbocycles. The first-order chi connectivity index (χ1) is 8.68. The van der Waals surface area contributed by atoms with Crippen molar-refractivity contribution < 1.29 is 9.50 Å². The lowest BCUT2D eigenvalue weighted by atomic mass is 10.1. The van der Waals surface area contributed by atoms with Gasteiger partial charge in [0.15, 0.2) is 0 Å². The minimum Gasteiger partial charge on any atom is -0.507 e. The first kappa shape index (κ1) is 12.3. The van der Waals surface area contributed by atoms with E-state index in [9.17, 15) is 9.50 Å². The average Bonchev–Trinajstić information content (AvgIpc) is 2.38. The Morgan fingerprint density at radius 1 is 1.11 bits per heavy atom. The van der Waals surface area contributed by atoms with Crippen LogP contribution in [0.4, 0.5) is 4.39 Å². The summed E-state index contributed by atoms with van der Waals surface area (Å²) in [6.07, 6.45) is 1.56. The molecule has 2 rings (SSSR count). The normalized spacial score (nSPS) is 12.8. The van der Waals surface area contributed by atoms with Crippen LogP contribution < -0.4 is 0 Å². The summed E-state index contributed by atoms with van der Waals surface area (Å²) in [4.78, 5) is 4.26. The zero-order chi connectivity index (χ0) is 13.0. The summed E-state index contributed by atoms with van der Waals surface area (Å²) in [6, 6.07) is 13.2. The minimum atomic E-state index is -0.286. The fourth-order valence-corrected chi connectivity index (χ4v) is 1.68. The molecule has 0 aliphatic rings. The number of hydrogen-bond donors (Lipinski definition) is 1. The summed E-state index contributed by atoms with van der Waals surface area (Å²) in [5.74, 6) is -0.0959. The average molecular weight is 243 g/mol. The van der Waals surface area contributed by atoms with Gasteiger partial charge in [0.05, 0.1) is 6.04 Å². The van der Waals surface area contributed by atoms with Crippen LogP contribution in [0, 0.1) is 5.82 Å². The number of para-hydroxylation sites is 1. The fraction of sp³-hybridized carbons (Fsp3) is 0.133. The molecular weight excluding hydrogens is 229 g/mol. The topological polar surface area (TPSA) is 32.6 Å². The predicted molar refractivity (Wildman–Crippen MR) is 70.5 cm³/mol. The van der Waals surface area contributed by atoms with E-state index in [1.54, 1.807) is 42.6 Å². The van der Waals surface area contributed by atoms with E-state index in [2.05, 4.69) is 4.99 Å². The highest BCUT2D eigenvalue weighted by Gasteiger charge is 2.07. The summed E-state index contributed by atoms with van der Waals surface area (Å²) in [5, 5.41) is 9.58. The van der Waals surface area contributed by atoms with Crippen LogP contribution in [0.2, 0.25) is 0 Å². The second kappa shape index (κ2) is 5.45. The van der Waals surface area contributed by atoms with Crippen LogP contribution in [0.15, 0.2) is 53.5 Å². The Balaban J connectivity index is 2.20. The maximum Gasteiger partial charge on any atom is 0.128 e. The van der Waals surface area contributed by atoms with E-state index in [0.717, 1.165) is 0 Å². The van der Waals surface area contributed by atoms with Crippen LogP contribution >= 0.6 is 0 Å². The van der Waals surface area contributed by atoms with Crippen molar-refractivity contribution in [3.8, 4) is 5.75 Å². The Bertz CT molecular complexity index is 566. The highest BCUT2D eigenvalue weighted by molar-refractivity contribution is 5.83. The van der Waals surface area contributed by atoms with Crippen molar-refractivity contribution in [2.75, 3.05) is 0 Å². The lowest BCUT2D eigenvalue weighted by Gasteiger charge is -2.07. The van der Waals surface area contributed by atoms with Crippen LogP contribution in [0.25, 0.3) is 0 Å². The smallest absolute Gasteiger partial charge is 0.128 e. The van der Waals surface area contributed by atoms with Gasteiger partial charge >= 0.3 is 0 Å². The van der Waals surface area contributed by atoms with E-state index in [-0.39, 0.29) is 17.6 Å². The van der Waals surface area contributed by atoms with E-state index >= 15 is 0 Å². The molecule has 0 aliphatic carbocycles. The number of phenolic OH excluding ortho intramolecular Hbond substituents is 1. The van der Waals surface area contributed by atoms with Crippen LogP contribution in [0.5, 0.6) is 5.75 Å². The summed E-state index contributed by atoms with van der Waals surface area (Å²) >= 11 is 0. The number of phenols is 1. The lowest BCUT2D eigenvalue weighted by molar-refractivity contribution is 0.474. The molecule has 1 N–H and O–H groups in total. The number of hydrogen-bond acceptors (Lipinski definition) is 2. The zero-order valence-corrected chi connectivity index (χ0v) is 10.0. The van der Waals surface area contributed by atoms with Gasteiger partial charge in [-0.3, -0.25) is 4.99 Å². The SMILES string of the molecule is C[C@@H](N=Cc1ccccc1O)c1ccccc1F. The second-order valence-electron chi connectivity index (χ2n) is 4.03. The second-order valence-corrected chi connectivity index (χ2v) is 4.03. The molecule has 0 bridgehead atoms. The molecule has 0 unspecified atom stereocenters. The van der Waals surface area contributed by atoms with Gasteiger partial charge in [-0.2, -0.15) is 0 Å². The molecule has 18 heavy (non-hydrogen) atoms. The van der Waals surface area contributed by atoms with Gasteiger partial charge in [0, 0.05) is 17.3 Å². The Labute approximate surface area is 105 Å². The number of aliphatic imine (C=N–C) groups is 1. The standard InChI is InChI=1S/C15H14FNO/c1-11(13-7-3-4-8-14(13)16)17-10-12-6-2-5-9-15(12)18/h2-11,18H,1H3/t11-/m1/s1. The van der Waals surface area contributed by atoms with Crippen LogP contribution in [0.3, 0.4) is 0 Å².